The molecule has 0 aliphatic rings. The van der Waals surface area contributed by atoms with Crippen LogP contribution in [0.2, 0.25) is 0 Å². The molecule has 0 saturated heterocycles. The Morgan fingerprint density at radius 1 is 1.29 bits per heavy atom. The highest BCUT2D eigenvalue weighted by Crippen LogP contribution is 2.38. The number of primary amides is 1. The molecule has 4 N–H and O–H groups in total. The first kappa shape index (κ1) is 19.7. The van der Waals surface area contributed by atoms with Crippen molar-refractivity contribution in [1.29, 1.82) is 0 Å². The Kier molecular flexibility index (Phi) is 4.79. The maximum absolute atomic E-state index is 12.9. The molecule has 3 aromatic heterocycles. The van der Waals surface area contributed by atoms with Crippen LogP contribution >= 0.6 is 11.3 Å². The number of aromatic amines is 1. The summed E-state index contributed by atoms with van der Waals surface area (Å²) in [5, 5.41) is 7.45. The van der Waals surface area contributed by atoms with E-state index in [9.17, 15) is 31.5 Å². The molecule has 7 nitrogen and oxygen atoms in total. The van der Waals surface area contributed by atoms with Crippen molar-refractivity contribution in [3.05, 3.63) is 39.7 Å². The van der Waals surface area contributed by atoms with Gasteiger partial charge in [-0.25, -0.2) is 13.8 Å². The van der Waals surface area contributed by atoms with Crippen LogP contribution in [0.25, 0.3) is 10.2 Å². The number of nitrogens with zero attached hydrogens (tertiary/aromatic N) is 2. The smallest absolute Gasteiger partial charge is 0.365 e. The Balaban J connectivity index is 2.06. The summed E-state index contributed by atoms with van der Waals surface area (Å²) in [6.07, 6.45) is -7.59. The summed E-state index contributed by atoms with van der Waals surface area (Å²) in [6, 6.07) is 1.57. The van der Waals surface area contributed by atoms with Crippen molar-refractivity contribution in [3.63, 3.8) is 0 Å². The average Bonchev–Trinajstić information content (AvgIpc) is 3.19. The van der Waals surface area contributed by atoms with Gasteiger partial charge in [0.1, 0.15) is 21.1 Å². The summed E-state index contributed by atoms with van der Waals surface area (Å²) in [4.78, 5) is 27.6. The number of rotatable bonds is 4. The van der Waals surface area contributed by atoms with Crippen molar-refractivity contribution in [2.75, 3.05) is 5.32 Å². The second kappa shape index (κ2) is 6.82. The maximum atomic E-state index is 12.9. The van der Waals surface area contributed by atoms with Crippen molar-refractivity contribution in [3.8, 4) is 0 Å². The van der Waals surface area contributed by atoms with E-state index < -0.39 is 41.5 Å². The molecule has 3 heterocycles. The fraction of sp³-hybridized carbons (Fsp3) is 0.200. The number of hydrogen-bond donors (Lipinski definition) is 3. The third kappa shape index (κ3) is 3.52. The molecule has 0 aliphatic carbocycles. The van der Waals surface area contributed by atoms with E-state index in [2.05, 4.69) is 15.4 Å². The highest BCUT2D eigenvalue weighted by molar-refractivity contribution is 7.21. The number of carbonyl (C=O) groups is 2. The van der Waals surface area contributed by atoms with Crippen molar-refractivity contribution < 1.29 is 31.5 Å². The first-order valence-corrected chi connectivity index (χ1v) is 8.26. The topological polar surface area (TPSA) is 114 Å². The van der Waals surface area contributed by atoms with E-state index in [1.165, 1.54) is 6.92 Å². The zero-order valence-corrected chi connectivity index (χ0v) is 14.6. The summed E-state index contributed by atoms with van der Waals surface area (Å²) in [6.45, 7) is 1.46. The van der Waals surface area contributed by atoms with Crippen LogP contribution < -0.4 is 11.1 Å². The lowest BCUT2D eigenvalue weighted by Gasteiger charge is -2.07. The SMILES string of the molecule is Cc1cc(C(F)F)nc2sc(C(N)=O)c(NC(=O)c3cc(C(F)(F)F)[nH]n3)c12. The fourth-order valence-electron chi connectivity index (χ4n) is 2.47. The number of aryl methyl sites for hydroxylation is 1. The van der Waals surface area contributed by atoms with Gasteiger partial charge in [0, 0.05) is 11.5 Å². The molecule has 0 fully saturated rings. The van der Waals surface area contributed by atoms with Gasteiger partial charge in [0.15, 0.2) is 5.69 Å². The van der Waals surface area contributed by atoms with E-state index in [0.29, 0.717) is 17.4 Å². The summed E-state index contributed by atoms with van der Waals surface area (Å²) in [7, 11) is 0. The number of amides is 2. The minimum Gasteiger partial charge on any atom is -0.365 e. The fourth-order valence-corrected chi connectivity index (χ4v) is 3.54. The molecule has 148 valence electrons. The molecule has 0 aromatic carbocycles. The molecule has 0 saturated carbocycles. The average molecular weight is 419 g/mol. The Hall–Kier alpha value is -3.09. The van der Waals surface area contributed by atoms with Crippen LogP contribution in [0.1, 0.15) is 43.5 Å². The molecule has 0 spiro atoms. The van der Waals surface area contributed by atoms with E-state index in [1.54, 1.807) is 5.10 Å². The van der Waals surface area contributed by atoms with Gasteiger partial charge in [-0.1, -0.05) is 0 Å². The lowest BCUT2D eigenvalue weighted by atomic mass is 10.1. The number of fused-ring (bicyclic) bond motifs is 1. The van der Waals surface area contributed by atoms with Gasteiger partial charge in [-0.15, -0.1) is 11.3 Å². The number of pyridine rings is 1. The molecular formula is C15H10F5N5O2S. The van der Waals surface area contributed by atoms with Gasteiger partial charge in [-0.05, 0) is 18.6 Å². The molecular weight excluding hydrogens is 409 g/mol. The molecule has 13 heteroatoms. The van der Waals surface area contributed by atoms with Gasteiger partial charge in [0.05, 0.1) is 5.69 Å². The Labute approximate surface area is 156 Å². The van der Waals surface area contributed by atoms with E-state index in [-0.39, 0.29) is 26.3 Å². The number of carbonyl (C=O) groups excluding carboxylic acids is 2. The van der Waals surface area contributed by atoms with Crippen LogP contribution in [0, 0.1) is 6.92 Å². The number of thiophene rings is 1. The number of halogens is 5. The zero-order valence-electron chi connectivity index (χ0n) is 13.8. The second-order valence-electron chi connectivity index (χ2n) is 5.63. The highest BCUT2D eigenvalue weighted by Gasteiger charge is 2.34. The first-order valence-electron chi connectivity index (χ1n) is 7.45. The summed E-state index contributed by atoms with van der Waals surface area (Å²) >= 11 is 0.682. The highest BCUT2D eigenvalue weighted by atomic mass is 32.1. The molecule has 0 atom stereocenters. The van der Waals surface area contributed by atoms with Crippen molar-refractivity contribution in [1.82, 2.24) is 15.2 Å². The maximum Gasteiger partial charge on any atom is 0.432 e. The molecule has 0 aliphatic heterocycles. The standard InChI is InChI=1S/C15H10F5N5O2S/c1-4-2-5(11(16)17)22-14-8(4)9(10(28-14)12(21)26)23-13(27)6-3-7(25-24-6)15(18,19)20/h2-3,11H,1H3,(H2,21,26)(H,23,27)(H,24,25). The minimum absolute atomic E-state index is 0.0254. The Morgan fingerprint density at radius 2 is 1.96 bits per heavy atom. The molecule has 0 radical (unpaired) electrons. The predicted molar refractivity (Wildman–Crippen MR) is 89.4 cm³/mol. The predicted octanol–water partition coefficient (Wildman–Crippen LogP) is 3.64. The molecule has 28 heavy (non-hydrogen) atoms. The van der Waals surface area contributed by atoms with Gasteiger partial charge in [-0.3, -0.25) is 14.7 Å². The quantitative estimate of drug-likeness (QED) is 0.560. The minimum atomic E-state index is -4.73. The largest absolute Gasteiger partial charge is 0.432 e. The number of H-pyrrole nitrogens is 1. The molecule has 3 aromatic rings. The van der Waals surface area contributed by atoms with Crippen molar-refractivity contribution in [2.24, 2.45) is 5.73 Å². The Morgan fingerprint density at radius 3 is 2.50 bits per heavy atom. The molecule has 0 unspecified atom stereocenters. The number of nitrogens with two attached hydrogens (primary N) is 1. The van der Waals surface area contributed by atoms with Crippen LogP contribution in [-0.2, 0) is 6.18 Å². The van der Waals surface area contributed by atoms with Crippen LogP contribution in [0.3, 0.4) is 0 Å². The monoisotopic (exact) mass is 419 g/mol. The lowest BCUT2D eigenvalue weighted by molar-refractivity contribution is -0.141. The summed E-state index contributed by atoms with van der Waals surface area (Å²) < 4.78 is 63.8. The lowest BCUT2D eigenvalue weighted by Crippen LogP contribution is -2.17. The third-order valence-corrected chi connectivity index (χ3v) is 4.78. The van der Waals surface area contributed by atoms with Gasteiger partial charge in [0.2, 0.25) is 0 Å². The van der Waals surface area contributed by atoms with Gasteiger partial charge < -0.3 is 11.1 Å². The van der Waals surface area contributed by atoms with E-state index in [4.69, 9.17) is 5.73 Å². The second-order valence-corrected chi connectivity index (χ2v) is 6.63. The number of alkyl halides is 5. The van der Waals surface area contributed by atoms with Crippen LogP contribution in [0.5, 0.6) is 0 Å². The van der Waals surface area contributed by atoms with E-state index in [0.717, 1.165) is 6.07 Å². The van der Waals surface area contributed by atoms with Crippen LogP contribution in [-0.4, -0.2) is 27.0 Å². The number of nitrogens with one attached hydrogen (secondary N) is 2. The number of anilines is 1. The first-order chi connectivity index (χ1) is 13.0. The van der Waals surface area contributed by atoms with Crippen molar-refractivity contribution >= 4 is 39.1 Å². The summed E-state index contributed by atoms with van der Waals surface area (Å²) in [5.74, 6) is -2.01. The third-order valence-electron chi connectivity index (χ3n) is 3.68. The van der Waals surface area contributed by atoms with E-state index >= 15 is 0 Å². The number of aromatic nitrogens is 3. The molecule has 0 bridgehead atoms. The number of hydrogen-bond acceptors (Lipinski definition) is 5. The molecule has 3 rings (SSSR count). The molecule has 2 amide bonds. The van der Waals surface area contributed by atoms with Gasteiger partial charge >= 0.3 is 6.18 Å². The summed E-state index contributed by atoms with van der Waals surface area (Å²) in [5.41, 5.74) is 3.08. The Bertz CT molecular complexity index is 1090. The van der Waals surface area contributed by atoms with Crippen LogP contribution in [0.15, 0.2) is 12.1 Å². The normalized spacial score (nSPS) is 12.0. The van der Waals surface area contributed by atoms with Gasteiger partial charge in [-0.2, -0.15) is 18.3 Å². The van der Waals surface area contributed by atoms with Gasteiger partial charge in [0.25, 0.3) is 18.2 Å². The van der Waals surface area contributed by atoms with Crippen LogP contribution in [0.4, 0.5) is 27.6 Å². The zero-order chi connectivity index (χ0) is 20.8. The van der Waals surface area contributed by atoms with E-state index in [1.807, 2.05) is 0 Å². The van der Waals surface area contributed by atoms with Crippen molar-refractivity contribution in [2.45, 2.75) is 19.5 Å².